The fourth-order valence-electron chi connectivity index (χ4n) is 0.982. The standard InChI is InChI=1S/C7H10N2O/c1-4-5(2)10-7(9)6(4)3-8/h4-5H,9H2,1-2H3. The summed E-state index contributed by atoms with van der Waals surface area (Å²) >= 11 is 0. The van der Waals surface area contributed by atoms with Gasteiger partial charge in [-0.15, -0.1) is 0 Å². The van der Waals surface area contributed by atoms with Gasteiger partial charge in [0.1, 0.15) is 12.2 Å². The minimum Gasteiger partial charge on any atom is -0.475 e. The fraction of sp³-hybridized carbons (Fsp3) is 0.571. The molecule has 10 heavy (non-hydrogen) atoms. The maximum Gasteiger partial charge on any atom is 0.198 e. The molecule has 1 aliphatic rings. The first-order valence-electron chi connectivity index (χ1n) is 3.23. The van der Waals surface area contributed by atoms with Gasteiger partial charge >= 0.3 is 0 Å². The molecule has 0 radical (unpaired) electrons. The van der Waals surface area contributed by atoms with Crippen LogP contribution >= 0.6 is 0 Å². The van der Waals surface area contributed by atoms with Crippen molar-refractivity contribution in [3.63, 3.8) is 0 Å². The van der Waals surface area contributed by atoms with Gasteiger partial charge in [-0.2, -0.15) is 5.26 Å². The molecule has 0 saturated heterocycles. The Bertz CT molecular complexity index is 214. The second kappa shape index (κ2) is 2.22. The summed E-state index contributed by atoms with van der Waals surface area (Å²) in [5.74, 6) is 0.438. The third kappa shape index (κ3) is 0.820. The molecule has 2 unspecified atom stereocenters. The Balaban J connectivity index is 2.88. The van der Waals surface area contributed by atoms with Gasteiger partial charge in [-0.05, 0) is 6.92 Å². The van der Waals surface area contributed by atoms with E-state index in [1.807, 2.05) is 19.9 Å². The molecule has 0 saturated carbocycles. The molecule has 0 bridgehead atoms. The van der Waals surface area contributed by atoms with Crippen molar-refractivity contribution in [2.75, 3.05) is 0 Å². The topological polar surface area (TPSA) is 59.0 Å². The summed E-state index contributed by atoms with van der Waals surface area (Å²) in [5, 5.41) is 8.56. The monoisotopic (exact) mass is 138 g/mol. The Hall–Kier alpha value is -1.17. The smallest absolute Gasteiger partial charge is 0.198 e. The molecule has 1 aliphatic heterocycles. The Morgan fingerprint density at radius 2 is 2.20 bits per heavy atom. The molecule has 3 heteroatoms. The van der Waals surface area contributed by atoms with E-state index < -0.39 is 0 Å². The highest BCUT2D eigenvalue weighted by atomic mass is 16.5. The Morgan fingerprint density at radius 1 is 1.60 bits per heavy atom. The van der Waals surface area contributed by atoms with E-state index in [1.165, 1.54) is 0 Å². The van der Waals surface area contributed by atoms with E-state index in [1.54, 1.807) is 0 Å². The van der Waals surface area contributed by atoms with Crippen molar-refractivity contribution in [2.45, 2.75) is 20.0 Å². The van der Waals surface area contributed by atoms with Gasteiger partial charge in [0.25, 0.3) is 0 Å². The molecule has 54 valence electrons. The van der Waals surface area contributed by atoms with Crippen LogP contribution in [-0.2, 0) is 4.74 Å². The average molecular weight is 138 g/mol. The first-order chi connectivity index (χ1) is 4.66. The molecule has 0 aromatic carbocycles. The zero-order valence-corrected chi connectivity index (χ0v) is 6.09. The maximum atomic E-state index is 8.56. The van der Waals surface area contributed by atoms with Crippen molar-refractivity contribution in [1.29, 1.82) is 5.26 Å². The lowest BCUT2D eigenvalue weighted by atomic mass is 10.0. The largest absolute Gasteiger partial charge is 0.475 e. The lowest BCUT2D eigenvalue weighted by Gasteiger charge is -2.07. The molecule has 0 fully saturated rings. The van der Waals surface area contributed by atoms with Crippen molar-refractivity contribution >= 4 is 0 Å². The molecule has 0 aliphatic carbocycles. The molecule has 0 aromatic rings. The summed E-state index contributed by atoms with van der Waals surface area (Å²) in [6.07, 6.45) is 0.0506. The van der Waals surface area contributed by atoms with Crippen LogP contribution in [0.25, 0.3) is 0 Å². The summed E-state index contributed by atoms with van der Waals surface area (Å²) in [6, 6.07) is 2.02. The Morgan fingerprint density at radius 3 is 2.40 bits per heavy atom. The van der Waals surface area contributed by atoms with E-state index in [0.29, 0.717) is 11.5 Å². The quantitative estimate of drug-likeness (QED) is 0.537. The molecular weight excluding hydrogens is 128 g/mol. The Labute approximate surface area is 60.1 Å². The molecule has 3 nitrogen and oxygen atoms in total. The van der Waals surface area contributed by atoms with Gasteiger partial charge in [0.15, 0.2) is 5.88 Å². The zero-order valence-electron chi connectivity index (χ0n) is 6.09. The molecule has 0 aromatic heterocycles. The van der Waals surface area contributed by atoms with Crippen LogP contribution in [0, 0.1) is 17.2 Å². The van der Waals surface area contributed by atoms with Crippen molar-refractivity contribution in [3.8, 4) is 6.07 Å². The van der Waals surface area contributed by atoms with E-state index in [9.17, 15) is 0 Å². The highest BCUT2D eigenvalue weighted by Crippen LogP contribution is 2.26. The molecular formula is C7H10N2O. The van der Waals surface area contributed by atoms with Crippen LogP contribution in [0.15, 0.2) is 11.5 Å². The van der Waals surface area contributed by atoms with Gasteiger partial charge in [-0.1, -0.05) is 6.92 Å². The van der Waals surface area contributed by atoms with Gasteiger partial charge < -0.3 is 10.5 Å². The highest BCUT2D eigenvalue weighted by molar-refractivity contribution is 5.29. The lowest BCUT2D eigenvalue weighted by molar-refractivity contribution is 0.132. The second-order valence-corrected chi connectivity index (χ2v) is 2.50. The summed E-state index contributed by atoms with van der Waals surface area (Å²) in [5.41, 5.74) is 5.98. The van der Waals surface area contributed by atoms with E-state index in [0.717, 1.165) is 0 Å². The van der Waals surface area contributed by atoms with Crippen LogP contribution < -0.4 is 5.73 Å². The number of nitrogens with zero attached hydrogens (tertiary/aromatic N) is 1. The van der Waals surface area contributed by atoms with Crippen LogP contribution in [0.2, 0.25) is 0 Å². The third-order valence-electron chi connectivity index (χ3n) is 1.86. The van der Waals surface area contributed by atoms with Crippen molar-refractivity contribution in [3.05, 3.63) is 11.5 Å². The minimum atomic E-state index is 0.0506. The Kier molecular flexibility index (Phi) is 1.54. The lowest BCUT2D eigenvalue weighted by Crippen LogP contribution is -2.10. The van der Waals surface area contributed by atoms with Gasteiger partial charge in [0.05, 0.1) is 5.57 Å². The van der Waals surface area contributed by atoms with E-state index >= 15 is 0 Å². The van der Waals surface area contributed by atoms with E-state index in [-0.39, 0.29) is 12.0 Å². The number of nitrogens with two attached hydrogens (primary N) is 1. The van der Waals surface area contributed by atoms with Crippen LogP contribution in [0.1, 0.15) is 13.8 Å². The summed E-state index contributed by atoms with van der Waals surface area (Å²) in [7, 11) is 0. The predicted molar refractivity (Wildman–Crippen MR) is 36.5 cm³/mol. The number of hydrogen-bond donors (Lipinski definition) is 1. The van der Waals surface area contributed by atoms with Gasteiger partial charge in [-0.3, -0.25) is 0 Å². The van der Waals surface area contributed by atoms with Crippen LogP contribution in [0.4, 0.5) is 0 Å². The van der Waals surface area contributed by atoms with Crippen LogP contribution in [0.5, 0.6) is 0 Å². The first-order valence-corrected chi connectivity index (χ1v) is 3.23. The summed E-state index contributed by atoms with van der Waals surface area (Å²) < 4.78 is 5.11. The van der Waals surface area contributed by atoms with Gasteiger partial charge in [0.2, 0.25) is 0 Å². The third-order valence-corrected chi connectivity index (χ3v) is 1.86. The number of ether oxygens (including phenoxy) is 1. The van der Waals surface area contributed by atoms with Crippen molar-refractivity contribution in [2.24, 2.45) is 11.7 Å². The number of hydrogen-bond acceptors (Lipinski definition) is 3. The molecule has 1 rings (SSSR count). The van der Waals surface area contributed by atoms with Crippen LogP contribution in [-0.4, -0.2) is 6.10 Å². The predicted octanol–water partition coefficient (Wildman–Crippen LogP) is 0.735. The number of nitriles is 1. The average Bonchev–Trinajstić information content (AvgIpc) is 2.09. The maximum absolute atomic E-state index is 8.56. The molecule has 2 N–H and O–H groups in total. The van der Waals surface area contributed by atoms with Crippen LogP contribution in [0.3, 0.4) is 0 Å². The fourth-order valence-corrected chi connectivity index (χ4v) is 0.982. The first kappa shape index (κ1) is 6.94. The van der Waals surface area contributed by atoms with Gasteiger partial charge in [0, 0.05) is 5.92 Å². The summed E-state index contributed by atoms with van der Waals surface area (Å²) in [6.45, 7) is 3.84. The molecule has 0 spiro atoms. The second-order valence-electron chi connectivity index (χ2n) is 2.50. The van der Waals surface area contributed by atoms with Crippen molar-refractivity contribution < 1.29 is 4.74 Å². The van der Waals surface area contributed by atoms with E-state index in [2.05, 4.69) is 0 Å². The van der Waals surface area contributed by atoms with Crippen molar-refractivity contribution in [1.82, 2.24) is 0 Å². The minimum absolute atomic E-state index is 0.0506. The molecule has 2 atom stereocenters. The molecule has 0 amide bonds. The van der Waals surface area contributed by atoms with Gasteiger partial charge in [-0.25, -0.2) is 0 Å². The normalized spacial score (nSPS) is 31.7. The SMILES string of the molecule is CC1OC(N)=C(C#N)C1C. The number of rotatable bonds is 0. The summed E-state index contributed by atoms with van der Waals surface area (Å²) in [4.78, 5) is 0. The van der Waals surface area contributed by atoms with E-state index in [4.69, 9.17) is 15.7 Å². The highest BCUT2D eigenvalue weighted by Gasteiger charge is 2.28. The zero-order chi connectivity index (χ0) is 7.72. The molecule has 1 heterocycles.